The third kappa shape index (κ3) is 3.01. The van der Waals surface area contributed by atoms with Crippen LogP contribution < -0.4 is 11.1 Å². The lowest BCUT2D eigenvalue weighted by molar-refractivity contribution is -0.117. The molecule has 0 radical (unpaired) electrons. The first-order chi connectivity index (χ1) is 10.7. The topological polar surface area (TPSA) is 99.6 Å². The average molecular weight is 295 g/mol. The number of aromatic amines is 2. The molecule has 0 bridgehead atoms. The number of hydrogen-bond donors (Lipinski definition) is 4. The molecule has 3 aromatic rings. The van der Waals surface area contributed by atoms with Crippen molar-refractivity contribution < 1.29 is 4.79 Å². The molecule has 6 heteroatoms. The van der Waals surface area contributed by atoms with E-state index in [1.807, 2.05) is 24.4 Å². The van der Waals surface area contributed by atoms with Gasteiger partial charge in [-0.05, 0) is 24.1 Å². The summed E-state index contributed by atoms with van der Waals surface area (Å²) in [6, 6.07) is 8.09. The van der Waals surface area contributed by atoms with Gasteiger partial charge in [0.1, 0.15) is 0 Å². The van der Waals surface area contributed by atoms with Crippen LogP contribution in [0.5, 0.6) is 0 Å². The van der Waals surface area contributed by atoms with Gasteiger partial charge in [0, 0.05) is 23.6 Å². The summed E-state index contributed by atoms with van der Waals surface area (Å²) in [4.78, 5) is 21.9. The highest BCUT2D eigenvalue weighted by atomic mass is 16.1. The Hall–Kier alpha value is -3.02. The lowest BCUT2D eigenvalue weighted by Crippen LogP contribution is -2.30. The number of carbonyl (C=O) groups excluding carboxylic acids is 1. The van der Waals surface area contributed by atoms with E-state index >= 15 is 0 Å². The Balaban J connectivity index is 1.58. The van der Waals surface area contributed by atoms with Gasteiger partial charge in [0.05, 0.1) is 23.9 Å². The van der Waals surface area contributed by atoms with Gasteiger partial charge in [-0.3, -0.25) is 4.79 Å². The van der Waals surface area contributed by atoms with Crippen LogP contribution in [-0.2, 0) is 11.2 Å². The van der Waals surface area contributed by atoms with Crippen molar-refractivity contribution in [1.82, 2.24) is 20.3 Å². The third-order valence-electron chi connectivity index (χ3n) is 3.45. The van der Waals surface area contributed by atoms with Gasteiger partial charge < -0.3 is 21.0 Å². The molecule has 1 amide bonds. The molecule has 1 aromatic carbocycles. The zero-order chi connectivity index (χ0) is 15.4. The van der Waals surface area contributed by atoms with Gasteiger partial charge in [-0.15, -0.1) is 0 Å². The monoisotopic (exact) mass is 295 g/mol. The van der Waals surface area contributed by atoms with Crippen molar-refractivity contribution in [3.8, 4) is 0 Å². The van der Waals surface area contributed by atoms with Crippen LogP contribution in [0.3, 0.4) is 0 Å². The Labute approximate surface area is 127 Å². The molecule has 0 aliphatic heterocycles. The van der Waals surface area contributed by atoms with Crippen LogP contribution in [0.1, 0.15) is 11.3 Å². The fraction of sp³-hybridized carbons (Fsp3) is 0.125. The molecule has 0 saturated heterocycles. The van der Waals surface area contributed by atoms with Crippen LogP contribution >= 0.6 is 0 Å². The third-order valence-corrected chi connectivity index (χ3v) is 3.45. The predicted octanol–water partition coefficient (Wildman–Crippen LogP) is 1.55. The molecule has 2 heterocycles. The maximum atomic E-state index is 11.9. The molecule has 0 fully saturated rings. The van der Waals surface area contributed by atoms with E-state index in [-0.39, 0.29) is 11.6 Å². The van der Waals surface area contributed by atoms with Crippen LogP contribution in [0.25, 0.3) is 17.0 Å². The summed E-state index contributed by atoms with van der Waals surface area (Å²) in [5.41, 5.74) is 8.88. The van der Waals surface area contributed by atoms with E-state index in [1.165, 1.54) is 17.3 Å². The lowest BCUT2D eigenvalue weighted by atomic mass is 10.1. The van der Waals surface area contributed by atoms with Gasteiger partial charge in [0.15, 0.2) is 0 Å². The fourth-order valence-corrected chi connectivity index (χ4v) is 2.33. The van der Waals surface area contributed by atoms with Crippen molar-refractivity contribution in [2.24, 2.45) is 5.73 Å². The molecule has 0 atom stereocenters. The van der Waals surface area contributed by atoms with Gasteiger partial charge in [-0.1, -0.05) is 18.2 Å². The first-order valence-electron chi connectivity index (χ1n) is 7.03. The van der Waals surface area contributed by atoms with E-state index in [0.29, 0.717) is 12.2 Å². The van der Waals surface area contributed by atoms with Crippen molar-refractivity contribution in [3.05, 3.63) is 59.9 Å². The predicted molar refractivity (Wildman–Crippen MR) is 85.8 cm³/mol. The molecule has 0 aliphatic carbocycles. The maximum absolute atomic E-state index is 11.9. The second-order valence-corrected chi connectivity index (χ2v) is 4.97. The fourth-order valence-electron chi connectivity index (χ4n) is 2.33. The minimum absolute atomic E-state index is 0.156. The molecule has 0 unspecified atom stereocenters. The van der Waals surface area contributed by atoms with Gasteiger partial charge in [0.25, 0.3) is 5.91 Å². The zero-order valence-corrected chi connectivity index (χ0v) is 12.0. The number of hydrogen-bond acceptors (Lipinski definition) is 3. The summed E-state index contributed by atoms with van der Waals surface area (Å²) >= 11 is 0. The minimum Gasteiger partial charge on any atom is -0.394 e. The number of amides is 1. The SMILES string of the molecule is N/C(=C\c1cnc[nH]1)C(=O)NCCc1c[nH]c2ccccc12. The van der Waals surface area contributed by atoms with Crippen LogP contribution in [0.15, 0.2) is 48.7 Å². The van der Waals surface area contributed by atoms with E-state index in [9.17, 15) is 4.79 Å². The molecule has 3 rings (SSSR count). The normalized spacial score (nSPS) is 11.7. The van der Waals surface area contributed by atoms with E-state index in [2.05, 4.69) is 26.3 Å². The maximum Gasteiger partial charge on any atom is 0.267 e. The van der Waals surface area contributed by atoms with Crippen molar-refractivity contribution in [2.45, 2.75) is 6.42 Å². The molecular formula is C16H17N5O. The highest BCUT2D eigenvalue weighted by molar-refractivity contribution is 5.96. The Morgan fingerprint density at radius 3 is 3.00 bits per heavy atom. The summed E-state index contributed by atoms with van der Waals surface area (Å²) in [6.45, 7) is 0.526. The van der Waals surface area contributed by atoms with Gasteiger partial charge in [0.2, 0.25) is 0 Å². The number of nitrogens with zero attached hydrogens (tertiary/aromatic N) is 1. The molecule has 2 aromatic heterocycles. The quantitative estimate of drug-likeness (QED) is 0.537. The molecule has 5 N–H and O–H groups in total. The Morgan fingerprint density at radius 2 is 2.18 bits per heavy atom. The standard InChI is InChI=1S/C16H17N5O/c17-14(7-12-9-18-10-21-12)16(22)19-6-5-11-8-20-15-4-2-1-3-13(11)15/h1-4,7-10,20H,5-6,17H2,(H,18,21)(H,19,22)/b14-7-. The van der Waals surface area contributed by atoms with Crippen molar-refractivity contribution in [2.75, 3.05) is 6.54 Å². The smallest absolute Gasteiger partial charge is 0.267 e. The molecule has 6 nitrogen and oxygen atoms in total. The largest absolute Gasteiger partial charge is 0.394 e. The Kier molecular flexibility index (Phi) is 3.91. The number of benzene rings is 1. The van der Waals surface area contributed by atoms with Gasteiger partial charge in [-0.2, -0.15) is 0 Å². The summed E-state index contributed by atoms with van der Waals surface area (Å²) < 4.78 is 0. The minimum atomic E-state index is -0.283. The number of H-pyrrole nitrogens is 2. The number of imidazole rings is 1. The molecule has 0 aliphatic rings. The van der Waals surface area contributed by atoms with E-state index in [4.69, 9.17) is 5.73 Å². The first-order valence-corrected chi connectivity index (χ1v) is 7.03. The number of nitrogens with two attached hydrogens (primary N) is 1. The summed E-state index contributed by atoms with van der Waals surface area (Å²) in [5.74, 6) is -0.283. The average Bonchev–Trinajstić information content (AvgIpc) is 3.17. The first kappa shape index (κ1) is 13.9. The molecule has 22 heavy (non-hydrogen) atoms. The second kappa shape index (κ2) is 6.17. The highest BCUT2D eigenvalue weighted by Gasteiger charge is 2.07. The Morgan fingerprint density at radius 1 is 1.32 bits per heavy atom. The number of para-hydroxylation sites is 1. The summed E-state index contributed by atoms with van der Waals surface area (Å²) in [5, 5.41) is 4.00. The van der Waals surface area contributed by atoms with Crippen LogP contribution in [0, 0.1) is 0 Å². The molecular weight excluding hydrogens is 278 g/mol. The van der Waals surface area contributed by atoms with Crippen molar-refractivity contribution in [1.29, 1.82) is 0 Å². The van der Waals surface area contributed by atoms with Crippen molar-refractivity contribution in [3.63, 3.8) is 0 Å². The van der Waals surface area contributed by atoms with Gasteiger partial charge >= 0.3 is 0 Å². The van der Waals surface area contributed by atoms with E-state index < -0.39 is 0 Å². The van der Waals surface area contributed by atoms with Gasteiger partial charge in [-0.25, -0.2) is 4.98 Å². The summed E-state index contributed by atoms with van der Waals surface area (Å²) in [7, 11) is 0. The second-order valence-electron chi connectivity index (χ2n) is 4.97. The van der Waals surface area contributed by atoms with Crippen LogP contribution in [0.4, 0.5) is 0 Å². The molecule has 0 saturated carbocycles. The van der Waals surface area contributed by atoms with Crippen molar-refractivity contribution >= 4 is 22.9 Å². The molecule has 0 spiro atoms. The lowest BCUT2D eigenvalue weighted by Gasteiger charge is -2.04. The van der Waals surface area contributed by atoms with Crippen LogP contribution in [0.2, 0.25) is 0 Å². The Bertz CT molecular complexity index is 801. The van der Waals surface area contributed by atoms with E-state index in [0.717, 1.165) is 11.9 Å². The van der Waals surface area contributed by atoms with Crippen LogP contribution in [-0.4, -0.2) is 27.4 Å². The zero-order valence-electron chi connectivity index (χ0n) is 12.0. The highest BCUT2D eigenvalue weighted by Crippen LogP contribution is 2.17. The number of fused-ring (bicyclic) bond motifs is 1. The summed E-state index contributed by atoms with van der Waals surface area (Å²) in [6.07, 6.45) is 7.42. The number of aromatic nitrogens is 3. The number of carbonyl (C=O) groups is 1. The number of rotatable bonds is 5. The number of nitrogens with one attached hydrogen (secondary N) is 3. The van der Waals surface area contributed by atoms with E-state index in [1.54, 1.807) is 12.3 Å². The molecule has 112 valence electrons.